The van der Waals surface area contributed by atoms with Crippen LogP contribution in [0.15, 0.2) is 0 Å². The maximum atomic E-state index is 11.0. The lowest BCUT2D eigenvalue weighted by atomic mass is 9.88. The maximum absolute atomic E-state index is 11.0. The summed E-state index contributed by atoms with van der Waals surface area (Å²) in [6.45, 7) is 11.7. The fraction of sp³-hybridized carbons (Fsp3) is 0.917. The van der Waals surface area contributed by atoms with E-state index >= 15 is 0 Å². The zero-order chi connectivity index (χ0) is 13.0. The monoisotopic (exact) mass is 231 g/mol. The van der Waals surface area contributed by atoms with Crippen molar-refractivity contribution in [2.45, 2.75) is 59.6 Å². The molecule has 0 aromatic heterocycles. The molecule has 0 aliphatic rings. The molecule has 0 radical (unpaired) electrons. The summed E-state index contributed by atoms with van der Waals surface area (Å²) in [5.41, 5.74) is -0.401. The van der Waals surface area contributed by atoms with Gasteiger partial charge in [-0.15, -0.1) is 0 Å². The molecule has 1 amide bonds. The summed E-state index contributed by atoms with van der Waals surface area (Å²) in [7, 11) is 0. The van der Waals surface area contributed by atoms with Gasteiger partial charge in [0.25, 0.3) is 0 Å². The highest BCUT2D eigenvalue weighted by Gasteiger charge is 2.27. The van der Waals surface area contributed by atoms with Gasteiger partial charge in [-0.1, -0.05) is 20.8 Å². The zero-order valence-corrected chi connectivity index (χ0v) is 11.3. The first kappa shape index (κ1) is 15.4. The van der Waals surface area contributed by atoms with E-state index in [-0.39, 0.29) is 18.1 Å². The van der Waals surface area contributed by atoms with Gasteiger partial charge in [0.1, 0.15) is 0 Å². The minimum atomic E-state index is -0.438. The Morgan fingerprint density at radius 1 is 1.25 bits per heavy atom. The first-order chi connectivity index (χ1) is 7.09. The zero-order valence-electron chi connectivity index (χ0n) is 11.3. The third kappa shape index (κ3) is 6.80. The van der Waals surface area contributed by atoms with Crippen molar-refractivity contribution in [1.29, 1.82) is 0 Å². The highest BCUT2D eigenvalue weighted by Crippen LogP contribution is 2.24. The molecule has 4 heteroatoms. The molecule has 0 heterocycles. The first-order valence-corrected chi connectivity index (χ1v) is 5.63. The number of hydroxylamine groups is 2. The molecule has 0 aliphatic heterocycles. The van der Waals surface area contributed by atoms with Crippen molar-refractivity contribution in [2.24, 2.45) is 5.41 Å². The fourth-order valence-electron chi connectivity index (χ4n) is 1.44. The number of carbonyl (C=O) groups excluding carboxylic acids is 1. The Bertz CT molecular complexity index is 215. The Morgan fingerprint density at radius 2 is 1.75 bits per heavy atom. The molecule has 0 rings (SSSR count). The fourth-order valence-corrected chi connectivity index (χ4v) is 1.44. The molecule has 0 aromatic rings. The lowest BCUT2D eigenvalue weighted by Crippen LogP contribution is -2.43. The molecule has 0 saturated carbocycles. The predicted octanol–water partition coefficient (Wildman–Crippen LogP) is 1.97. The molecule has 0 saturated heterocycles. The van der Waals surface area contributed by atoms with Crippen LogP contribution in [0, 0.1) is 5.41 Å². The van der Waals surface area contributed by atoms with Crippen LogP contribution in [0.4, 0.5) is 0 Å². The highest BCUT2D eigenvalue weighted by molar-refractivity contribution is 5.45. The average Bonchev–Trinajstić information content (AvgIpc) is 2.07. The Morgan fingerprint density at radius 3 is 2.00 bits per heavy atom. The van der Waals surface area contributed by atoms with Crippen LogP contribution in [0.3, 0.4) is 0 Å². The summed E-state index contributed by atoms with van der Waals surface area (Å²) >= 11 is 0. The summed E-state index contributed by atoms with van der Waals surface area (Å²) < 4.78 is 0. The summed E-state index contributed by atoms with van der Waals surface area (Å²) in [4.78, 5) is 16.4. The molecule has 1 atom stereocenters. The number of carbonyl (C=O) groups is 1. The Hall–Kier alpha value is -0.610. The third-order valence-electron chi connectivity index (χ3n) is 1.90. The topological polar surface area (TPSA) is 49.8 Å². The van der Waals surface area contributed by atoms with Gasteiger partial charge in [0.05, 0.1) is 18.2 Å². The van der Waals surface area contributed by atoms with Crippen LogP contribution in [0.1, 0.15) is 48.0 Å². The van der Waals surface area contributed by atoms with E-state index in [1.54, 1.807) is 0 Å². The highest BCUT2D eigenvalue weighted by atomic mass is 16.7. The van der Waals surface area contributed by atoms with Gasteiger partial charge in [-0.3, -0.25) is 9.63 Å². The molecule has 0 fully saturated rings. The van der Waals surface area contributed by atoms with Gasteiger partial charge in [-0.05, 0) is 32.6 Å². The Labute approximate surface area is 98.5 Å². The van der Waals surface area contributed by atoms with E-state index < -0.39 is 5.60 Å². The van der Waals surface area contributed by atoms with Crippen LogP contribution >= 0.6 is 0 Å². The van der Waals surface area contributed by atoms with Gasteiger partial charge >= 0.3 is 0 Å². The van der Waals surface area contributed by atoms with Gasteiger partial charge in [0, 0.05) is 0 Å². The Balaban J connectivity index is 4.57. The van der Waals surface area contributed by atoms with Gasteiger partial charge in [-0.25, -0.2) is 5.06 Å². The van der Waals surface area contributed by atoms with Gasteiger partial charge < -0.3 is 5.11 Å². The average molecular weight is 231 g/mol. The van der Waals surface area contributed by atoms with Crippen LogP contribution in [0.25, 0.3) is 0 Å². The van der Waals surface area contributed by atoms with E-state index in [1.165, 1.54) is 5.06 Å². The SMILES string of the molecule is CC(C)(C)CC(CO)N(C=O)OC(C)(C)C. The van der Waals surface area contributed by atoms with E-state index in [4.69, 9.17) is 4.84 Å². The van der Waals surface area contributed by atoms with Crippen LogP contribution in [0.5, 0.6) is 0 Å². The normalized spacial score (nSPS) is 14.7. The van der Waals surface area contributed by atoms with E-state index in [0.29, 0.717) is 12.8 Å². The lowest BCUT2D eigenvalue weighted by molar-refractivity contribution is -0.239. The van der Waals surface area contributed by atoms with E-state index in [9.17, 15) is 9.90 Å². The molecule has 0 aliphatic carbocycles. The number of hydrogen-bond acceptors (Lipinski definition) is 3. The second-order valence-electron chi connectivity index (χ2n) is 6.27. The molecule has 4 nitrogen and oxygen atoms in total. The quantitative estimate of drug-likeness (QED) is 0.581. The predicted molar refractivity (Wildman–Crippen MR) is 63.7 cm³/mol. The van der Waals surface area contributed by atoms with Crippen molar-refractivity contribution in [3.05, 3.63) is 0 Å². The second-order valence-corrected chi connectivity index (χ2v) is 6.27. The minimum absolute atomic E-state index is 0.0376. The number of hydrogen-bond donors (Lipinski definition) is 1. The molecular formula is C12H25NO3. The number of aliphatic hydroxyl groups is 1. The van der Waals surface area contributed by atoms with Crippen molar-refractivity contribution in [3.8, 4) is 0 Å². The van der Waals surface area contributed by atoms with Crippen molar-refractivity contribution in [1.82, 2.24) is 5.06 Å². The van der Waals surface area contributed by atoms with Crippen molar-refractivity contribution < 1.29 is 14.7 Å². The van der Waals surface area contributed by atoms with Crippen molar-refractivity contribution in [3.63, 3.8) is 0 Å². The van der Waals surface area contributed by atoms with Gasteiger partial charge in [0.2, 0.25) is 6.41 Å². The molecule has 1 N–H and O–H groups in total. The van der Waals surface area contributed by atoms with E-state index in [2.05, 4.69) is 20.8 Å². The van der Waals surface area contributed by atoms with Gasteiger partial charge in [0.15, 0.2) is 0 Å². The second kappa shape index (κ2) is 5.64. The molecule has 96 valence electrons. The molecule has 16 heavy (non-hydrogen) atoms. The molecule has 0 aromatic carbocycles. The van der Waals surface area contributed by atoms with Crippen LogP contribution in [-0.4, -0.2) is 34.8 Å². The van der Waals surface area contributed by atoms with Crippen LogP contribution in [-0.2, 0) is 9.63 Å². The standard InChI is InChI=1S/C12H25NO3/c1-11(2,3)7-10(8-14)13(9-15)16-12(4,5)6/h9-10,14H,7-8H2,1-6H3. The largest absolute Gasteiger partial charge is 0.394 e. The van der Waals surface area contributed by atoms with Gasteiger partial charge in [-0.2, -0.15) is 0 Å². The van der Waals surface area contributed by atoms with E-state index in [1.807, 2.05) is 20.8 Å². The number of amides is 1. The number of aliphatic hydroxyl groups excluding tert-OH is 1. The molecule has 0 bridgehead atoms. The molecular weight excluding hydrogens is 206 g/mol. The summed E-state index contributed by atoms with van der Waals surface area (Å²) in [6, 6.07) is -0.295. The lowest BCUT2D eigenvalue weighted by Gasteiger charge is -2.35. The van der Waals surface area contributed by atoms with Crippen LogP contribution in [0.2, 0.25) is 0 Å². The van der Waals surface area contributed by atoms with Crippen molar-refractivity contribution in [2.75, 3.05) is 6.61 Å². The van der Waals surface area contributed by atoms with Crippen molar-refractivity contribution >= 4 is 6.41 Å². The first-order valence-electron chi connectivity index (χ1n) is 5.63. The number of rotatable bonds is 5. The smallest absolute Gasteiger partial charge is 0.233 e. The third-order valence-corrected chi connectivity index (χ3v) is 1.90. The molecule has 1 unspecified atom stereocenters. The maximum Gasteiger partial charge on any atom is 0.233 e. The summed E-state index contributed by atoms with van der Waals surface area (Å²) in [5.74, 6) is 0. The minimum Gasteiger partial charge on any atom is -0.394 e. The number of nitrogens with zero attached hydrogens (tertiary/aromatic N) is 1. The summed E-state index contributed by atoms with van der Waals surface area (Å²) in [6.07, 6.45) is 1.33. The van der Waals surface area contributed by atoms with E-state index in [0.717, 1.165) is 0 Å². The Kier molecular flexibility index (Phi) is 5.42. The molecule has 0 spiro atoms. The van der Waals surface area contributed by atoms with Crippen LogP contribution < -0.4 is 0 Å². The summed E-state index contributed by atoms with van der Waals surface area (Å²) in [5, 5.41) is 10.5.